The van der Waals surface area contributed by atoms with Crippen molar-refractivity contribution in [3.8, 4) is 6.07 Å². The van der Waals surface area contributed by atoms with Gasteiger partial charge in [0.15, 0.2) is 0 Å². The SMILES string of the molecule is N#Cc1cc2c(nc1NCCOCC1CC1)CCCC2. The van der Waals surface area contributed by atoms with Crippen LogP contribution in [0.4, 0.5) is 5.82 Å². The smallest absolute Gasteiger partial charge is 0.144 e. The maximum Gasteiger partial charge on any atom is 0.144 e. The molecule has 0 radical (unpaired) electrons. The summed E-state index contributed by atoms with van der Waals surface area (Å²) < 4.78 is 5.59. The minimum absolute atomic E-state index is 0.660. The molecule has 0 unspecified atom stereocenters. The minimum Gasteiger partial charge on any atom is -0.379 e. The maximum absolute atomic E-state index is 9.24. The molecule has 4 heteroatoms. The van der Waals surface area contributed by atoms with Crippen LogP contribution >= 0.6 is 0 Å². The van der Waals surface area contributed by atoms with Crippen molar-refractivity contribution in [1.82, 2.24) is 4.98 Å². The molecule has 0 amide bonds. The van der Waals surface area contributed by atoms with Gasteiger partial charge in [-0.2, -0.15) is 5.26 Å². The van der Waals surface area contributed by atoms with Gasteiger partial charge in [0, 0.05) is 18.8 Å². The molecule has 20 heavy (non-hydrogen) atoms. The lowest BCUT2D eigenvalue weighted by molar-refractivity contribution is 0.134. The Labute approximate surface area is 120 Å². The Morgan fingerprint density at radius 2 is 2.20 bits per heavy atom. The maximum atomic E-state index is 9.24. The standard InChI is InChI=1S/C16H21N3O/c17-10-14-9-13-3-1-2-4-15(13)19-16(14)18-7-8-20-11-12-5-6-12/h9,12H,1-8,11H2,(H,18,19). The van der Waals surface area contributed by atoms with Crippen LogP contribution in [0.2, 0.25) is 0 Å². The molecular formula is C16H21N3O. The van der Waals surface area contributed by atoms with Crippen molar-refractivity contribution in [2.75, 3.05) is 25.1 Å². The molecule has 2 aliphatic rings. The highest BCUT2D eigenvalue weighted by atomic mass is 16.5. The van der Waals surface area contributed by atoms with E-state index in [0.717, 1.165) is 36.9 Å². The van der Waals surface area contributed by atoms with Crippen molar-refractivity contribution >= 4 is 5.82 Å². The van der Waals surface area contributed by atoms with Gasteiger partial charge in [-0.15, -0.1) is 0 Å². The Morgan fingerprint density at radius 1 is 1.35 bits per heavy atom. The molecular weight excluding hydrogens is 250 g/mol. The van der Waals surface area contributed by atoms with E-state index in [1.165, 1.54) is 31.2 Å². The van der Waals surface area contributed by atoms with Crippen LogP contribution in [0, 0.1) is 17.2 Å². The Hall–Kier alpha value is -1.60. The summed E-state index contributed by atoms with van der Waals surface area (Å²) >= 11 is 0. The molecule has 1 fully saturated rings. The average molecular weight is 271 g/mol. The lowest BCUT2D eigenvalue weighted by Gasteiger charge is -2.17. The van der Waals surface area contributed by atoms with Crippen LogP contribution in [0.25, 0.3) is 0 Å². The Morgan fingerprint density at radius 3 is 3.00 bits per heavy atom. The number of ether oxygens (including phenoxy) is 1. The lowest BCUT2D eigenvalue weighted by atomic mass is 9.95. The van der Waals surface area contributed by atoms with Crippen LogP contribution in [0.1, 0.15) is 42.5 Å². The van der Waals surface area contributed by atoms with E-state index in [2.05, 4.69) is 16.4 Å². The third kappa shape index (κ3) is 3.29. The fraction of sp³-hybridized carbons (Fsp3) is 0.625. The molecule has 106 valence electrons. The van der Waals surface area contributed by atoms with Gasteiger partial charge in [-0.25, -0.2) is 4.98 Å². The second kappa shape index (κ2) is 6.23. The van der Waals surface area contributed by atoms with E-state index in [1.807, 2.05) is 6.07 Å². The highest BCUT2D eigenvalue weighted by Gasteiger charge is 2.21. The number of fused-ring (bicyclic) bond motifs is 1. The Kier molecular flexibility index (Phi) is 4.17. The summed E-state index contributed by atoms with van der Waals surface area (Å²) in [6, 6.07) is 4.26. The van der Waals surface area contributed by atoms with E-state index in [1.54, 1.807) is 0 Å². The summed E-state index contributed by atoms with van der Waals surface area (Å²) in [7, 11) is 0. The molecule has 1 heterocycles. The largest absolute Gasteiger partial charge is 0.379 e. The van der Waals surface area contributed by atoms with Crippen LogP contribution < -0.4 is 5.32 Å². The van der Waals surface area contributed by atoms with Crippen molar-refractivity contribution < 1.29 is 4.74 Å². The van der Waals surface area contributed by atoms with E-state index >= 15 is 0 Å². The van der Waals surface area contributed by atoms with E-state index < -0.39 is 0 Å². The van der Waals surface area contributed by atoms with Crippen LogP contribution in [0.3, 0.4) is 0 Å². The number of pyridine rings is 1. The molecule has 0 spiro atoms. The first-order chi connectivity index (χ1) is 9.86. The third-order valence-corrected chi connectivity index (χ3v) is 4.01. The highest BCUT2D eigenvalue weighted by molar-refractivity contribution is 5.54. The monoisotopic (exact) mass is 271 g/mol. The zero-order chi connectivity index (χ0) is 13.8. The second-order valence-electron chi connectivity index (χ2n) is 5.75. The lowest BCUT2D eigenvalue weighted by Crippen LogP contribution is -2.15. The van der Waals surface area contributed by atoms with Gasteiger partial charge in [0.2, 0.25) is 0 Å². The topological polar surface area (TPSA) is 57.9 Å². The van der Waals surface area contributed by atoms with E-state index in [4.69, 9.17) is 4.74 Å². The first kappa shape index (κ1) is 13.4. The molecule has 2 aliphatic carbocycles. The molecule has 0 atom stereocenters. The van der Waals surface area contributed by atoms with Crippen molar-refractivity contribution in [3.05, 3.63) is 22.9 Å². The molecule has 0 saturated heterocycles. The number of nitrogens with one attached hydrogen (secondary N) is 1. The van der Waals surface area contributed by atoms with Crippen molar-refractivity contribution in [2.24, 2.45) is 5.92 Å². The minimum atomic E-state index is 0.660. The van der Waals surface area contributed by atoms with Crippen LogP contribution in [0.15, 0.2) is 6.07 Å². The number of hydrogen-bond donors (Lipinski definition) is 1. The summed E-state index contributed by atoms with van der Waals surface area (Å²) in [5.41, 5.74) is 3.08. The number of nitriles is 1. The average Bonchev–Trinajstić information content (AvgIpc) is 3.30. The zero-order valence-electron chi connectivity index (χ0n) is 11.8. The van der Waals surface area contributed by atoms with Crippen molar-refractivity contribution in [1.29, 1.82) is 5.26 Å². The second-order valence-corrected chi connectivity index (χ2v) is 5.75. The van der Waals surface area contributed by atoms with Gasteiger partial charge in [0.05, 0.1) is 12.2 Å². The van der Waals surface area contributed by atoms with Gasteiger partial charge < -0.3 is 10.1 Å². The molecule has 4 nitrogen and oxygen atoms in total. The molecule has 3 rings (SSSR count). The number of nitrogens with zero attached hydrogens (tertiary/aromatic N) is 2. The number of aromatic nitrogens is 1. The first-order valence-electron chi connectivity index (χ1n) is 7.61. The van der Waals surface area contributed by atoms with E-state index in [-0.39, 0.29) is 0 Å². The first-order valence-corrected chi connectivity index (χ1v) is 7.61. The Bertz CT molecular complexity index is 517. The third-order valence-electron chi connectivity index (χ3n) is 4.01. The normalized spacial score (nSPS) is 17.4. The predicted octanol–water partition coefficient (Wildman–Crippen LogP) is 2.67. The van der Waals surface area contributed by atoms with Gasteiger partial charge >= 0.3 is 0 Å². The highest BCUT2D eigenvalue weighted by Crippen LogP contribution is 2.28. The van der Waals surface area contributed by atoms with Gasteiger partial charge in [0.1, 0.15) is 11.9 Å². The molecule has 0 bridgehead atoms. The quantitative estimate of drug-likeness (QED) is 0.808. The number of hydrogen-bond acceptors (Lipinski definition) is 4. The molecule has 1 aromatic rings. The number of anilines is 1. The van der Waals surface area contributed by atoms with Crippen LogP contribution in [-0.4, -0.2) is 24.7 Å². The Balaban J connectivity index is 1.57. The molecule has 1 saturated carbocycles. The fourth-order valence-electron chi connectivity index (χ4n) is 2.63. The molecule has 1 N–H and O–H groups in total. The molecule has 1 aromatic heterocycles. The van der Waals surface area contributed by atoms with E-state index in [9.17, 15) is 5.26 Å². The van der Waals surface area contributed by atoms with Crippen molar-refractivity contribution in [3.63, 3.8) is 0 Å². The predicted molar refractivity (Wildman–Crippen MR) is 77.6 cm³/mol. The van der Waals surface area contributed by atoms with Gasteiger partial charge in [0.25, 0.3) is 0 Å². The van der Waals surface area contributed by atoms with Gasteiger partial charge in [-0.05, 0) is 56.1 Å². The number of rotatable bonds is 6. The van der Waals surface area contributed by atoms with E-state index in [0.29, 0.717) is 18.7 Å². The summed E-state index contributed by atoms with van der Waals surface area (Å²) in [6.07, 6.45) is 7.14. The van der Waals surface area contributed by atoms with Crippen molar-refractivity contribution in [2.45, 2.75) is 38.5 Å². The number of aryl methyl sites for hydroxylation is 2. The fourth-order valence-corrected chi connectivity index (χ4v) is 2.63. The molecule has 0 aliphatic heterocycles. The van der Waals surface area contributed by atoms with Crippen LogP contribution in [0.5, 0.6) is 0 Å². The summed E-state index contributed by atoms with van der Waals surface area (Å²) in [6.45, 7) is 2.28. The summed E-state index contributed by atoms with van der Waals surface area (Å²) in [5, 5.41) is 12.5. The zero-order valence-corrected chi connectivity index (χ0v) is 11.8. The van der Waals surface area contributed by atoms with Gasteiger partial charge in [-0.1, -0.05) is 0 Å². The molecule has 0 aromatic carbocycles. The van der Waals surface area contributed by atoms with Gasteiger partial charge in [-0.3, -0.25) is 0 Å². The summed E-state index contributed by atoms with van der Waals surface area (Å²) in [5.74, 6) is 1.52. The van der Waals surface area contributed by atoms with Crippen LogP contribution in [-0.2, 0) is 17.6 Å². The summed E-state index contributed by atoms with van der Waals surface area (Å²) in [4.78, 5) is 4.64.